The third-order valence-corrected chi connectivity index (χ3v) is 8.31. The number of rotatable bonds is 4. The molecule has 5 atom stereocenters. The maximum atomic E-state index is 12.4. The lowest BCUT2D eigenvalue weighted by Gasteiger charge is -2.65. The highest BCUT2D eigenvalue weighted by Crippen LogP contribution is 2.60. The molecule has 5 rings (SSSR count). The average Bonchev–Trinajstić information content (AvgIpc) is 3.43. The lowest BCUT2D eigenvalue weighted by atomic mass is 9.47. The van der Waals surface area contributed by atoms with Crippen LogP contribution in [0.3, 0.4) is 0 Å². The molecule has 0 radical (unpaired) electrons. The number of hydrogen-bond acceptors (Lipinski definition) is 4. The molecule has 0 spiro atoms. The van der Waals surface area contributed by atoms with Crippen LogP contribution in [0.25, 0.3) is 0 Å². The predicted molar refractivity (Wildman–Crippen MR) is 109 cm³/mol. The van der Waals surface area contributed by atoms with Crippen molar-refractivity contribution in [3.8, 4) is 5.75 Å². The largest absolute Gasteiger partial charge is 0.508 e. The molecule has 3 fully saturated rings. The van der Waals surface area contributed by atoms with Gasteiger partial charge < -0.3 is 15.3 Å². The zero-order chi connectivity index (χ0) is 19.7. The Hall–Kier alpha value is -1.10. The second-order valence-corrected chi connectivity index (χ2v) is 10.6. The van der Waals surface area contributed by atoms with Gasteiger partial charge in [0.25, 0.3) is 0 Å². The fourth-order valence-corrected chi connectivity index (χ4v) is 6.87. The van der Waals surface area contributed by atoms with E-state index in [1.807, 2.05) is 12.1 Å². The number of phenolic OH excluding ortho intramolecular Hbond substituents is 1. The van der Waals surface area contributed by atoms with Crippen LogP contribution in [0.2, 0.25) is 0 Å². The molecule has 1 saturated heterocycles. The van der Waals surface area contributed by atoms with E-state index in [0.29, 0.717) is 18.8 Å². The van der Waals surface area contributed by atoms with E-state index in [1.54, 1.807) is 6.07 Å². The summed E-state index contributed by atoms with van der Waals surface area (Å²) in [6.07, 6.45) is 6.24. The molecule has 1 heterocycles. The maximum Gasteiger partial charge on any atom is 0.115 e. The highest BCUT2D eigenvalue weighted by Gasteiger charge is 2.66. The van der Waals surface area contributed by atoms with Crippen LogP contribution >= 0.6 is 0 Å². The smallest absolute Gasteiger partial charge is 0.115 e. The fourth-order valence-electron chi connectivity index (χ4n) is 6.87. The highest BCUT2D eigenvalue weighted by atomic mass is 16.3. The van der Waals surface area contributed by atoms with Gasteiger partial charge in [-0.2, -0.15) is 0 Å². The molecule has 1 aromatic rings. The molecule has 154 valence electrons. The molecule has 4 heteroatoms. The van der Waals surface area contributed by atoms with Gasteiger partial charge in [-0.3, -0.25) is 4.90 Å². The van der Waals surface area contributed by atoms with Crippen molar-refractivity contribution in [1.29, 1.82) is 0 Å². The minimum Gasteiger partial charge on any atom is -0.508 e. The van der Waals surface area contributed by atoms with Crippen molar-refractivity contribution in [2.45, 2.75) is 82.0 Å². The summed E-state index contributed by atoms with van der Waals surface area (Å²) in [5.41, 5.74) is 1.10. The predicted octanol–water partition coefficient (Wildman–Crippen LogP) is 3.22. The van der Waals surface area contributed by atoms with E-state index in [9.17, 15) is 15.3 Å². The summed E-state index contributed by atoms with van der Waals surface area (Å²) in [4.78, 5) is 2.57. The van der Waals surface area contributed by atoms with Crippen molar-refractivity contribution < 1.29 is 15.3 Å². The van der Waals surface area contributed by atoms with Crippen LogP contribution in [0.1, 0.15) is 63.5 Å². The Morgan fingerprint density at radius 2 is 2.00 bits per heavy atom. The summed E-state index contributed by atoms with van der Waals surface area (Å²) in [6.45, 7) is 6.50. The molecule has 5 unspecified atom stereocenters. The highest BCUT2D eigenvalue weighted by molar-refractivity contribution is 5.48. The molecule has 4 nitrogen and oxygen atoms in total. The second kappa shape index (κ2) is 6.45. The SMILES string of the molecule is CC(C)CC1CC2(O)C3Cc4ccc(O)cc4C2(CCN3CC2CC2)CC1O. The van der Waals surface area contributed by atoms with E-state index >= 15 is 0 Å². The van der Waals surface area contributed by atoms with E-state index in [0.717, 1.165) is 43.8 Å². The third-order valence-electron chi connectivity index (χ3n) is 8.31. The van der Waals surface area contributed by atoms with Crippen molar-refractivity contribution >= 4 is 0 Å². The first kappa shape index (κ1) is 18.9. The summed E-state index contributed by atoms with van der Waals surface area (Å²) in [7, 11) is 0. The van der Waals surface area contributed by atoms with E-state index in [4.69, 9.17) is 0 Å². The Kier molecular flexibility index (Phi) is 4.35. The number of likely N-dealkylation sites (tertiary alicyclic amines) is 1. The summed E-state index contributed by atoms with van der Waals surface area (Å²) in [6, 6.07) is 5.83. The van der Waals surface area contributed by atoms with Crippen LogP contribution in [0.15, 0.2) is 18.2 Å². The van der Waals surface area contributed by atoms with Crippen molar-refractivity contribution in [2.75, 3.05) is 13.1 Å². The molecule has 1 aromatic carbocycles. The summed E-state index contributed by atoms with van der Waals surface area (Å²) in [5.74, 6) is 1.74. The van der Waals surface area contributed by atoms with Crippen LogP contribution in [-0.4, -0.2) is 51.1 Å². The van der Waals surface area contributed by atoms with Gasteiger partial charge >= 0.3 is 0 Å². The second-order valence-electron chi connectivity index (χ2n) is 10.6. The molecule has 0 amide bonds. The first-order valence-corrected chi connectivity index (χ1v) is 11.3. The van der Waals surface area contributed by atoms with Gasteiger partial charge in [0.2, 0.25) is 0 Å². The Labute approximate surface area is 168 Å². The number of aliphatic hydroxyl groups is 2. The first-order valence-electron chi connectivity index (χ1n) is 11.3. The Morgan fingerprint density at radius 1 is 1.21 bits per heavy atom. The molecular formula is C24H35NO3. The average molecular weight is 386 g/mol. The quantitative estimate of drug-likeness (QED) is 0.745. The molecule has 3 aliphatic carbocycles. The Morgan fingerprint density at radius 3 is 2.71 bits per heavy atom. The summed E-state index contributed by atoms with van der Waals surface area (Å²) in [5, 5.41) is 33.7. The van der Waals surface area contributed by atoms with Crippen LogP contribution in [0.4, 0.5) is 0 Å². The van der Waals surface area contributed by atoms with Gasteiger partial charge in [-0.05, 0) is 92.5 Å². The van der Waals surface area contributed by atoms with Gasteiger partial charge in [0.05, 0.1) is 11.7 Å². The Balaban J connectivity index is 1.59. The van der Waals surface area contributed by atoms with Crippen LogP contribution < -0.4 is 0 Å². The number of phenols is 1. The van der Waals surface area contributed by atoms with Gasteiger partial charge in [0.15, 0.2) is 0 Å². The Bertz CT molecular complexity index is 760. The van der Waals surface area contributed by atoms with Crippen LogP contribution in [0.5, 0.6) is 5.75 Å². The maximum absolute atomic E-state index is 12.4. The minimum absolute atomic E-state index is 0.126. The summed E-state index contributed by atoms with van der Waals surface area (Å²) >= 11 is 0. The summed E-state index contributed by atoms with van der Waals surface area (Å²) < 4.78 is 0. The van der Waals surface area contributed by atoms with E-state index < -0.39 is 11.0 Å². The zero-order valence-electron chi connectivity index (χ0n) is 17.3. The molecule has 1 aliphatic heterocycles. The molecule has 0 aromatic heterocycles. The topological polar surface area (TPSA) is 63.9 Å². The molecule has 28 heavy (non-hydrogen) atoms. The van der Waals surface area contributed by atoms with Gasteiger partial charge in [-0.15, -0.1) is 0 Å². The number of piperidine rings is 1. The van der Waals surface area contributed by atoms with Crippen molar-refractivity contribution in [3.05, 3.63) is 29.3 Å². The number of aliphatic hydroxyl groups excluding tert-OH is 1. The standard InChI is InChI=1S/C24H35NO3/c1-15(2)9-18-12-24(28)22-10-17-5-6-19(26)11-20(17)23(24,13-21(18)27)7-8-25(22)14-16-3-4-16/h5-6,11,15-16,18,21-22,26-28H,3-4,7-10,12-14H2,1-2H3. The van der Waals surface area contributed by atoms with Gasteiger partial charge in [-0.1, -0.05) is 19.9 Å². The lowest BCUT2D eigenvalue weighted by molar-refractivity contribution is -0.199. The molecule has 2 bridgehead atoms. The van der Waals surface area contributed by atoms with Crippen LogP contribution in [-0.2, 0) is 11.8 Å². The van der Waals surface area contributed by atoms with Gasteiger partial charge in [-0.25, -0.2) is 0 Å². The lowest BCUT2D eigenvalue weighted by Crippen LogP contribution is -2.74. The third kappa shape index (κ3) is 2.75. The number of hydrogen-bond donors (Lipinski definition) is 3. The van der Waals surface area contributed by atoms with E-state index in [-0.39, 0.29) is 23.8 Å². The molecular weight excluding hydrogens is 350 g/mol. The van der Waals surface area contributed by atoms with Gasteiger partial charge in [0, 0.05) is 18.0 Å². The number of aromatic hydroxyl groups is 1. The monoisotopic (exact) mass is 385 g/mol. The number of nitrogens with zero attached hydrogens (tertiary/aromatic N) is 1. The van der Waals surface area contributed by atoms with Crippen molar-refractivity contribution in [2.24, 2.45) is 17.8 Å². The van der Waals surface area contributed by atoms with Crippen molar-refractivity contribution in [1.82, 2.24) is 4.90 Å². The molecule has 2 saturated carbocycles. The van der Waals surface area contributed by atoms with E-state index in [2.05, 4.69) is 18.7 Å². The molecule has 4 aliphatic rings. The molecule has 3 N–H and O–H groups in total. The van der Waals surface area contributed by atoms with Gasteiger partial charge in [0.1, 0.15) is 5.75 Å². The minimum atomic E-state index is -0.820. The zero-order valence-corrected chi connectivity index (χ0v) is 17.3. The van der Waals surface area contributed by atoms with Crippen molar-refractivity contribution in [3.63, 3.8) is 0 Å². The van der Waals surface area contributed by atoms with Crippen LogP contribution in [0, 0.1) is 17.8 Å². The first-order chi connectivity index (χ1) is 13.3. The van der Waals surface area contributed by atoms with E-state index in [1.165, 1.54) is 18.4 Å². The number of fused-ring (bicyclic) bond motifs is 1. The number of benzene rings is 1. The fraction of sp³-hybridized carbons (Fsp3) is 0.750. The normalized spacial score (nSPS) is 40.2.